The fourth-order valence-corrected chi connectivity index (χ4v) is 10.9. The van der Waals surface area contributed by atoms with E-state index in [9.17, 15) is 22.8 Å². The monoisotopic (exact) mass is 1020 g/mol. The molecule has 21 heteroatoms. The summed E-state index contributed by atoms with van der Waals surface area (Å²) in [7, 11) is -2.00. The second-order valence-corrected chi connectivity index (χ2v) is 20.8. The first-order valence-electron chi connectivity index (χ1n) is 23.5. The average molecular weight is 1030 g/mol. The summed E-state index contributed by atoms with van der Waals surface area (Å²) in [6.07, 6.45) is 9.18. The molecule has 3 aliphatic heterocycles. The van der Waals surface area contributed by atoms with E-state index < -0.39 is 22.0 Å². The Labute approximate surface area is 409 Å². The van der Waals surface area contributed by atoms with E-state index in [1.807, 2.05) is 19.1 Å². The normalized spacial score (nSPS) is 17.7. The van der Waals surface area contributed by atoms with Crippen LogP contribution in [0.2, 0.25) is 0 Å². The molecule has 0 aliphatic carbocycles. The number of anilines is 6. The third-order valence-corrected chi connectivity index (χ3v) is 14.6. The molecule has 4 N–H and O–H groups in total. The Kier molecular flexibility index (Phi) is 13.9. The minimum Gasteiger partial charge on any atom is -0.494 e. The molecule has 6 heterocycles. The van der Waals surface area contributed by atoms with Gasteiger partial charge in [0.2, 0.25) is 27.8 Å². The quantitative estimate of drug-likeness (QED) is 0.0854. The molecule has 2 amide bonds. The fraction of sp³-hybridized carbons (Fsp3) is 0.438. The molecule has 1 unspecified atom stereocenters. The number of amides is 2. The first-order chi connectivity index (χ1) is 33.2. The van der Waals surface area contributed by atoms with Crippen LogP contribution in [0.4, 0.5) is 34.5 Å². The van der Waals surface area contributed by atoms with E-state index >= 15 is 0 Å². The highest BCUT2D eigenvalue weighted by molar-refractivity contribution is 9.10. The lowest BCUT2D eigenvalue weighted by atomic mass is 9.96. The molecule has 0 bridgehead atoms. The molecule has 1 atom stereocenters. The van der Waals surface area contributed by atoms with Crippen molar-refractivity contribution in [2.24, 2.45) is 0 Å². The van der Waals surface area contributed by atoms with Gasteiger partial charge in [-0.2, -0.15) is 4.98 Å². The van der Waals surface area contributed by atoms with Crippen molar-refractivity contribution in [2.45, 2.75) is 77.4 Å². The Balaban J connectivity index is 0.833. The summed E-state index contributed by atoms with van der Waals surface area (Å²) >= 11 is 3.55. The van der Waals surface area contributed by atoms with Gasteiger partial charge in [0.1, 0.15) is 23.1 Å². The summed E-state index contributed by atoms with van der Waals surface area (Å²) in [5.41, 5.74) is 7.14. The van der Waals surface area contributed by atoms with Crippen LogP contribution in [0, 0.1) is 0 Å². The number of imide groups is 1. The molecule has 69 heavy (non-hydrogen) atoms. The number of carbonyl (C=O) groups excluding carboxylic acids is 2. The molecule has 19 nitrogen and oxygen atoms in total. The van der Waals surface area contributed by atoms with Gasteiger partial charge in [0, 0.05) is 95.2 Å². The van der Waals surface area contributed by atoms with Crippen molar-refractivity contribution in [3.63, 3.8) is 0 Å². The second kappa shape index (κ2) is 20.1. The Morgan fingerprint density at radius 1 is 0.928 bits per heavy atom. The topological polar surface area (TPSA) is 214 Å². The zero-order valence-electron chi connectivity index (χ0n) is 39.5. The number of imidazole rings is 1. The van der Waals surface area contributed by atoms with Crippen LogP contribution < -0.4 is 36.0 Å². The molecular weight excluding hydrogens is 967 g/mol. The van der Waals surface area contributed by atoms with Crippen LogP contribution in [0.5, 0.6) is 5.75 Å². The second-order valence-electron chi connectivity index (χ2n) is 18.2. The number of carbonyl (C=O) groups is 2. The molecule has 3 aliphatic rings. The Hall–Kier alpha value is -6.16. The van der Waals surface area contributed by atoms with E-state index in [2.05, 4.69) is 98.3 Å². The number of piperidine rings is 2. The van der Waals surface area contributed by atoms with Crippen LogP contribution >= 0.6 is 15.9 Å². The van der Waals surface area contributed by atoms with Gasteiger partial charge >= 0.3 is 5.69 Å². The molecule has 0 radical (unpaired) electrons. The number of hydrogen-bond acceptors (Lipinski definition) is 15. The predicted octanol–water partition coefficient (Wildman–Crippen LogP) is 6.12. The molecule has 0 saturated carbocycles. The number of hydrogen-bond donors (Lipinski definition) is 4. The number of rotatable bonds is 15. The average Bonchev–Trinajstić information content (AvgIpc) is 3.63. The highest BCUT2D eigenvalue weighted by Crippen LogP contribution is 2.40. The van der Waals surface area contributed by atoms with Crippen LogP contribution in [-0.2, 0) is 32.6 Å². The fourth-order valence-electron chi connectivity index (χ4n) is 10.0. The van der Waals surface area contributed by atoms with Gasteiger partial charge in [0.15, 0.2) is 0 Å². The predicted molar refractivity (Wildman–Crippen MR) is 272 cm³/mol. The lowest BCUT2D eigenvalue weighted by Gasteiger charge is -2.43. The molecule has 3 saturated heterocycles. The number of piperazine rings is 1. The van der Waals surface area contributed by atoms with Crippen molar-refractivity contribution in [1.82, 2.24) is 44.2 Å². The maximum absolute atomic E-state index is 13.7. The zero-order valence-corrected chi connectivity index (χ0v) is 41.9. The number of para-hydroxylation sites is 1. The van der Waals surface area contributed by atoms with E-state index in [0.29, 0.717) is 63.4 Å². The molecule has 3 fully saturated rings. The number of aromatic nitrogens is 6. The van der Waals surface area contributed by atoms with Gasteiger partial charge in [0.05, 0.1) is 51.5 Å². The molecule has 0 spiro atoms. The lowest BCUT2D eigenvalue weighted by molar-refractivity contribution is -0.135. The third-order valence-electron chi connectivity index (χ3n) is 13.5. The van der Waals surface area contributed by atoms with Gasteiger partial charge in [-0.3, -0.25) is 43.6 Å². The maximum atomic E-state index is 13.7. The number of methoxy groups -OCH3 is 1. The zero-order chi connectivity index (χ0) is 48.6. The number of halogens is 1. The van der Waals surface area contributed by atoms with Crippen molar-refractivity contribution in [1.29, 1.82) is 0 Å². The Morgan fingerprint density at radius 3 is 2.41 bits per heavy atom. The lowest BCUT2D eigenvalue weighted by Crippen LogP contribution is -2.53. The number of aryl methyl sites for hydroxylation is 1. The van der Waals surface area contributed by atoms with Crippen molar-refractivity contribution in [3.05, 3.63) is 87.1 Å². The van der Waals surface area contributed by atoms with E-state index in [0.717, 1.165) is 93.6 Å². The standard InChI is InChI=1S/C48H58BrN13O6S/c1-6-61-44-30(8-7-9-37(44)62(48(61)65)38-12-13-41(63)55-46(38)64)14-19-58-22-24-59(25-23-58)31-15-20-60(21-16-31)39-27-40(68-4)36(26-32(39)29(2)3)54-47-52-28-33(49)45(56-47)53-35-11-10-34-42(51-18-17-50-34)43(35)57-69(5,66)67/h7-11,17-18,26-29,31,38,57H,6,12-16,19-25H2,1-5H3,(H,55,63,64)(H2,52,53,54,56). The number of nitrogens with zero attached hydrogens (tertiary/aromatic N) is 9. The van der Waals surface area contributed by atoms with Crippen molar-refractivity contribution in [2.75, 3.05) is 79.4 Å². The summed E-state index contributed by atoms with van der Waals surface area (Å²) in [6, 6.07) is 13.5. The highest BCUT2D eigenvalue weighted by Gasteiger charge is 2.33. The van der Waals surface area contributed by atoms with Gasteiger partial charge < -0.3 is 25.2 Å². The summed E-state index contributed by atoms with van der Waals surface area (Å²) in [5, 5.41) is 9.05. The molecule has 9 rings (SSSR count). The van der Waals surface area contributed by atoms with Gasteiger partial charge in [-0.15, -0.1) is 0 Å². The number of fused-ring (bicyclic) bond motifs is 2. The molecule has 3 aromatic carbocycles. The number of benzene rings is 3. The largest absolute Gasteiger partial charge is 0.494 e. The SMILES string of the molecule is CCn1c(=O)n(C2CCC(=O)NC2=O)c2cccc(CCN3CCN(C4CCN(c5cc(OC)c(Nc6ncc(Br)c(Nc7ccc8nccnc8c7NS(C)(=O)=O)n6)cc5C(C)C)CC4)CC3)c21. The van der Waals surface area contributed by atoms with E-state index in [4.69, 9.17) is 9.72 Å². The van der Waals surface area contributed by atoms with E-state index in [-0.39, 0.29) is 29.6 Å². The number of ether oxygens (including phenoxy) is 1. The minimum absolute atomic E-state index is 0.211. The number of sulfonamides is 1. The summed E-state index contributed by atoms with van der Waals surface area (Å²) in [6.45, 7) is 13.5. The first-order valence-corrected chi connectivity index (χ1v) is 26.2. The van der Waals surface area contributed by atoms with E-state index in [1.165, 1.54) is 11.8 Å². The Bertz CT molecular complexity index is 3090. The van der Waals surface area contributed by atoms with Crippen LogP contribution in [-0.4, -0.2) is 124 Å². The van der Waals surface area contributed by atoms with Gasteiger partial charge in [-0.05, 0) is 89.8 Å². The molecular formula is C48H58BrN13O6S. The van der Waals surface area contributed by atoms with E-state index in [1.54, 1.807) is 40.8 Å². The molecule has 6 aromatic rings. The smallest absolute Gasteiger partial charge is 0.329 e. The van der Waals surface area contributed by atoms with Crippen LogP contribution in [0.1, 0.15) is 69.5 Å². The first kappa shape index (κ1) is 47.9. The van der Waals surface area contributed by atoms with Crippen molar-refractivity contribution in [3.8, 4) is 5.75 Å². The van der Waals surface area contributed by atoms with Crippen molar-refractivity contribution >= 4 is 94.4 Å². The van der Waals surface area contributed by atoms with Crippen LogP contribution in [0.25, 0.3) is 22.1 Å². The van der Waals surface area contributed by atoms with Crippen LogP contribution in [0.3, 0.4) is 0 Å². The van der Waals surface area contributed by atoms with Gasteiger partial charge in [0.25, 0.3) is 0 Å². The number of nitrogens with one attached hydrogen (secondary N) is 4. The summed E-state index contributed by atoms with van der Waals surface area (Å²) in [4.78, 5) is 64.0. The van der Waals surface area contributed by atoms with Gasteiger partial charge in [-0.1, -0.05) is 26.0 Å². The Morgan fingerprint density at radius 2 is 1.70 bits per heavy atom. The summed E-state index contributed by atoms with van der Waals surface area (Å²) < 4.78 is 37.3. The minimum atomic E-state index is -3.66. The molecule has 3 aromatic heterocycles. The van der Waals surface area contributed by atoms with Gasteiger partial charge in [-0.25, -0.2) is 18.2 Å². The maximum Gasteiger partial charge on any atom is 0.329 e. The van der Waals surface area contributed by atoms with Crippen LogP contribution in [0.15, 0.2) is 70.3 Å². The van der Waals surface area contributed by atoms with Crippen molar-refractivity contribution < 1.29 is 22.7 Å². The summed E-state index contributed by atoms with van der Waals surface area (Å²) in [5.74, 6) is 0.857. The molecule has 364 valence electrons. The third kappa shape index (κ3) is 10.1. The highest BCUT2D eigenvalue weighted by atomic mass is 79.9.